The van der Waals surface area contributed by atoms with Gasteiger partial charge < -0.3 is 10.6 Å². The Morgan fingerprint density at radius 1 is 1.16 bits per heavy atom. The van der Waals surface area contributed by atoms with E-state index < -0.39 is 0 Å². The van der Waals surface area contributed by atoms with Crippen LogP contribution in [0, 0.1) is 5.92 Å². The van der Waals surface area contributed by atoms with Crippen LogP contribution >= 0.6 is 23.2 Å². The number of aromatic nitrogens is 1. The van der Waals surface area contributed by atoms with Crippen LogP contribution in [0.3, 0.4) is 0 Å². The van der Waals surface area contributed by atoms with E-state index in [-0.39, 0.29) is 0 Å². The molecule has 19 heavy (non-hydrogen) atoms. The molecule has 5 heteroatoms. The molecule has 0 saturated carbocycles. The molecular weight excluding hydrogens is 281 g/mol. The fourth-order valence-electron chi connectivity index (χ4n) is 1.92. The number of anilines is 2. The molecule has 108 valence electrons. The second kappa shape index (κ2) is 7.81. The first kappa shape index (κ1) is 16.4. The zero-order chi connectivity index (χ0) is 14.4. The lowest BCUT2D eigenvalue weighted by Crippen LogP contribution is -2.19. The van der Waals surface area contributed by atoms with Crippen LogP contribution in [0.25, 0.3) is 0 Å². The number of pyridine rings is 1. The summed E-state index contributed by atoms with van der Waals surface area (Å²) < 4.78 is 0. The minimum absolute atomic E-state index is 0.329. The molecule has 1 aromatic heterocycles. The van der Waals surface area contributed by atoms with Gasteiger partial charge in [-0.3, -0.25) is 0 Å². The predicted octanol–water partition coefficient (Wildman–Crippen LogP) is 5.06. The average molecular weight is 304 g/mol. The minimum Gasteiger partial charge on any atom is -0.369 e. The molecule has 0 spiro atoms. The highest BCUT2D eigenvalue weighted by atomic mass is 35.5. The van der Waals surface area contributed by atoms with E-state index in [9.17, 15) is 0 Å². The highest BCUT2D eigenvalue weighted by Gasteiger charge is 2.12. The minimum atomic E-state index is 0.329. The van der Waals surface area contributed by atoms with Crippen LogP contribution in [0.5, 0.6) is 0 Å². The Morgan fingerprint density at radius 2 is 1.79 bits per heavy atom. The van der Waals surface area contributed by atoms with Crippen LogP contribution < -0.4 is 10.6 Å². The average Bonchev–Trinajstić information content (AvgIpc) is 2.35. The lowest BCUT2D eigenvalue weighted by Gasteiger charge is -2.19. The maximum atomic E-state index is 6.18. The standard InChI is InChI=1S/C14H23Cl2N3/c1-5-9(3)7-10(4)18-14-12(16)8-11(15)13(19-14)17-6-2/h8-10H,5-7H2,1-4H3,(H2,17,18,19). The summed E-state index contributed by atoms with van der Waals surface area (Å²) in [4.78, 5) is 4.45. The first-order valence-corrected chi connectivity index (χ1v) is 7.59. The van der Waals surface area contributed by atoms with Gasteiger partial charge in [-0.05, 0) is 32.3 Å². The molecule has 0 aliphatic heterocycles. The molecule has 0 fully saturated rings. The van der Waals surface area contributed by atoms with Crippen molar-refractivity contribution in [3.05, 3.63) is 16.1 Å². The third kappa shape index (κ3) is 5.07. The van der Waals surface area contributed by atoms with Gasteiger partial charge in [0.15, 0.2) is 0 Å². The summed E-state index contributed by atoms with van der Waals surface area (Å²) in [5, 5.41) is 7.59. The predicted molar refractivity (Wildman–Crippen MR) is 85.6 cm³/mol. The fraction of sp³-hybridized carbons (Fsp3) is 0.643. The molecule has 1 heterocycles. The topological polar surface area (TPSA) is 37.0 Å². The van der Waals surface area contributed by atoms with Crippen molar-refractivity contribution >= 4 is 34.8 Å². The smallest absolute Gasteiger partial charge is 0.147 e. The van der Waals surface area contributed by atoms with Gasteiger partial charge in [0.2, 0.25) is 0 Å². The van der Waals surface area contributed by atoms with Crippen molar-refractivity contribution in [2.75, 3.05) is 17.2 Å². The maximum absolute atomic E-state index is 6.18. The highest BCUT2D eigenvalue weighted by Crippen LogP contribution is 2.30. The first-order chi connectivity index (χ1) is 8.97. The summed E-state index contributed by atoms with van der Waals surface area (Å²) in [6.07, 6.45) is 2.27. The van der Waals surface area contributed by atoms with Crippen molar-refractivity contribution in [1.82, 2.24) is 4.98 Å². The largest absolute Gasteiger partial charge is 0.369 e. The summed E-state index contributed by atoms with van der Waals surface area (Å²) in [6, 6.07) is 2.06. The second-order valence-corrected chi connectivity index (χ2v) is 5.79. The quantitative estimate of drug-likeness (QED) is 0.739. The summed E-state index contributed by atoms with van der Waals surface area (Å²) in [6.45, 7) is 9.38. The maximum Gasteiger partial charge on any atom is 0.147 e. The van der Waals surface area contributed by atoms with E-state index in [1.165, 1.54) is 6.42 Å². The van der Waals surface area contributed by atoms with Crippen LogP contribution in [-0.4, -0.2) is 17.6 Å². The zero-order valence-electron chi connectivity index (χ0n) is 12.1. The summed E-state index contributed by atoms with van der Waals surface area (Å²) in [5.74, 6) is 2.05. The monoisotopic (exact) mass is 303 g/mol. The lowest BCUT2D eigenvalue weighted by atomic mass is 10.0. The van der Waals surface area contributed by atoms with Gasteiger partial charge >= 0.3 is 0 Å². The molecule has 2 unspecified atom stereocenters. The van der Waals surface area contributed by atoms with Crippen molar-refractivity contribution in [2.24, 2.45) is 5.92 Å². The Hall–Kier alpha value is -0.670. The van der Waals surface area contributed by atoms with E-state index >= 15 is 0 Å². The van der Waals surface area contributed by atoms with Gasteiger partial charge in [0.05, 0.1) is 10.0 Å². The molecule has 3 nitrogen and oxygen atoms in total. The molecule has 0 aliphatic carbocycles. The number of hydrogen-bond donors (Lipinski definition) is 2. The van der Waals surface area contributed by atoms with Crippen LogP contribution in [0.2, 0.25) is 10.0 Å². The molecular formula is C14H23Cl2N3. The Bertz CT molecular complexity index is 410. The molecule has 0 amide bonds. The van der Waals surface area contributed by atoms with Crippen LogP contribution in [0.4, 0.5) is 11.6 Å². The number of hydrogen-bond acceptors (Lipinski definition) is 3. The van der Waals surface area contributed by atoms with Gasteiger partial charge in [-0.15, -0.1) is 0 Å². The third-order valence-electron chi connectivity index (χ3n) is 3.11. The van der Waals surface area contributed by atoms with Gasteiger partial charge in [-0.2, -0.15) is 0 Å². The van der Waals surface area contributed by atoms with Gasteiger partial charge in [0.25, 0.3) is 0 Å². The Labute approximate surface area is 126 Å². The Balaban J connectivity index is 2.79. The van der Waals surface area contributed by atoms with Crippen molar-refractivity contribution in [1.29, 1.82) is 0 Å². The third-order valence-corrected chi connectivity index (χ3v) is 3.69. The van der Waals surface area contributed by atoms with E-state index in [2.05, 4.69) is 36.4 Å². The van der Waals surface area contributed by atoms with Gasteiger partial charge in [-0.25, -0.2) is 4.98 Å². The van der Waals surface area contributed by atoms with E-state index in [1.807, 2.05) is 6.92 Å². The lowest BCUT2D eigenvalue weighted by molar-refractivity contribution is 0.483. The van der Waals surface area contributed by atoms with E-state index in [4.69, 9.17) is 23.2 Å². The van der Waals surface area contributed by atoms with E-state index in [0.29, 0.717) is 33.6 Å². The van der Waals surface area contributed by atoms with Crippen LogP contribution in [0.15, 0.2) is 6.07 Å². The summed E-state index contributed by atoms with van der Waals surface area (Å²) >= 11 is 12.3. The first-order valence-electron chi connectivity index (χ1n) is 6.84. The van der Waals surface area contributed by atoms with E-state index in [0.717, 1.165) is 13.0 Å². The number of rotatable bonds is 7. The molecule has 0 radical (unpaired) electrons. The van der Waals surface area contributed by atoms with E-state index in [1.54, 1.807) is 6.07 Å². The fourth-order valence-corrected chi connectivity index (χ4v) is 2.40. The molecule has 2 N–H and O–H groups in total. The molecule has 1 rings (SSSR count). The highest BCUT2D eigenvalue weighted by molar-refractivity contribution is 6.37. The molecule has 0 aromatic carbocycles. The molecule has 0 saturated heterocycles. The Kier molecular flexibility index (Phi) is 6.73. The van der Waals surface area contributed by atoms with Gasteiger partial charge in [0, 0.05) is 12.6 Å². The van der Waals surface area contributed by atoms with Crippen molar-refractivity contribution in [3.63, 3.8) is 0 Å². The van der Waals surface area contributed by atoms with Crippen molar-refractivity contribution in [2.45, 2.75) is 46.6 Å². The summed E-state index contributed by atoms with van der Waals surface area (Å²) in [7, 11) is 0. The zero-order valence-corrected chi connectivity index (χ0v) is 13.6. The summed E-state index contributed by atoms with van der Waals surface area (Å²) in [5.41, 5.74) is 0. The Morgan fingerprint density at radius 3 is 2.37 bits per heavy atom. The molecule has 0 aliphatic rings. The number of nitrogens with one attached hydrogen (secondary N) is 2. The van der Waals surface area contributed by atoms with Crippen LogP contribution in [-0.2, 0) is 0 Å². The molecule has 2 atom stereocenters. The van der Waals surface area contributed by atoms with Crippen molar-refractivity contribution in [3.8, 4) is 0 Å². The second-order valence-electron chi connectivity index (χ2n) is 4.97. The van der Waals surface area contributed by atoms with Crippen molar-refractivity contribution < 1.29 is 0 Å². The molecule has 1 aromatic rings. The van der Waals surface area contributed by atoms with Gasteiger partial charge in [-0.1, -0.05) is 43.5 Å². The molecule has 0 bridgehead atoms. The number of nitrogens with zero attached hydrogens (tertiary/aromatic N) is 1. The van der Waals surface area contributed by atoms with Crippen LogP contribution in [0.1, 0.15) is 40.5 Å². The number of halogens is 2. The SMILES string of the molecule is CCNc1nc(NC(C)CC(C)CC)c(Cl)cc1Cl. The normalized spacial score (nSPS) is 14.0. The van der Waals surface area contributed by atoms with Gasteiger partial charge in [0.1, 0.15) is 11.6 Å².